The quantitative estimate of drug-likeness (QED) is 0.544. The molecule has 0 aliphatic carbocycles. The van der Waals surface area contributed by atoms with Crippen molar-refractivity contribution in [2.75, 3.05) is 5.32 Å². The topological polar surface area (TPSA) is 68.9 Å². The summed E-state index contributed by atoms with van der Waals surface area (Å²) in [7, 11) is 0. The molecule has 2 heterocycles. The summed E-state index contributed by atoms with van der Waals surface area (Å²) >= 11 is 0. The molecule has 4 rings (SSSR count). The van der Waals surface area contributed by atoms with Crippen LogP contribution in [0.4, 0.5) is 5.69 Å². The van der Waals surface area contributed by atoms with Crippen molar-refractivity contribution in [1.82, 2.24) is 14.3 Å². The Morgan fingerprint density at radius 2 is 1.79 bits per heavy atom. The van der Waals surface area contributed by atoms with Crippen molar-refractivity contribution in [1.29, 1.82) is 0 Å². The van der Waals surface area contributed by atoms with Gasteiger partial charge in [0.05, 0.1) is 6.20 Å². The van der Waals surface area contributed by atoms with Crippen LogP contribution in [0.15, 0.2) is 59.5 Å². The Labute approximate surface area is 168 Å². The van der Waals surface area contributed by atoms with Crippen LogP contribution in [0.5, 0.6) is 0 Å². The van der Waals surface area contributed by atoms with Crippen LogP contribution in [-0.2, 0) is 24.3 Å². The maximum atomic E-state index is 13.2. The Balaban J connectivity index is 1.72. The fourth-order valence-electron chi connectivity index (χ4n) is 3.84. The highest BCUT2D eigenvalue weighted by Gasteiger charge is 2.16. The van der Waals surface area contributed by atoms with E-state index in [0.717, 1.165) is 46.9 Å². The Morgan fingerprint density at radius 3 is 2.59 bits per heavy atom. The molecular weight excluding hydrogens is 364 g/mol. The molecule has 4 aromatic rings. The monoisotopic (exact) mass is 388 g/mol. The van der Waals surface area contributed by atoms with Gasteiger partial charge in [-0.3, -0.25) is 9.59 Å². The average molecular weight is 388 g/mol. The van der Waals surface area contributed by atoms with E-state index in [4.69, 9.17) is 0 Å². The molecule has 29 heavy (non-hydrogen) atoms. The maximum absolute atomic E-state index is 13.2. The molecule has 0 spiro atoms. The molecule has 2 aromatic carbocycles. The van der Waals surface area contributed by atoms with Crippen LogP contribution in [0.3, 0.4) is 0 Å². The van der Waals surface area contributed by atoms with Crippen molar-refractivity contribution < 1.29 is 4.79 Å². The van der Waals surface area contributed by atoms with Gasteiger partial charge in [-0.1, -0.05) is 50.2 Å². The minimum Gasteiger partial charge on any atom is -0.336 e. The van der Waals surface area contributed by atoms with Gasteiger partial charge in [-0.15, -0.1) is 0 Å². The molecule has 6 heteroatoms. The minimum atomic E-state index is -0.266. The highest BCUT2D eigenvalue weighted by Crippen LogP contribution is 2.26. The van der Waals surface area contributed by atoms with Crippen molar-refractivity contribution >= 4 is 33.4 Å². The van der Waals surface area contributed by atoms with Crippen molar-refractivity contribution in [3.8, 4) is 0 Å². The number of carbonyl (C=O) groups is 1. The molecule has 0 saturated heterocycles. The third-order valence-electron chi connectivity index (χ3n) is 5.19. The lowest BCUT2D eigenvalue weighted by molar-refractivity contribution is -0.117. The number of nitrogens with one attached hydrogen (secondary N) is 1. The molecule has 0 radical (unpaired) electrons. The van der Waals surface area contributed by atoms with Crippen molar-refractivity contribution in [3.63, 3.8) is 0 Å². The second-order valence-corrected chi connectivity index (χ2v) is 7.10. The Morgan fingerprint density at radius 1 is 1.03 bits per heavy atom. The van der Waals surface area contributed by atoms with Crippen LogP contribution in [-0.4, -0.2) is 20.3 Å². The normalized spacial score (nSPS) is 11.2. The number of anilines is 1. The molecule has 0 fully saturated rings. The Bertz CT molecular complexity index is 1250. The molecule has 0 aliphatic heterocycles. The van der Waals surface area contributed by atoms with E-state index in [1.165, 1.54) is 4.68 Å². The van der Waals surface area contributed by atoms with Crippen LogP contribution in [0.25, 0.3) is 21.8 Å². The van der Waals surface area contributed by atoms with Gasteiger partial charge in [0.1, 0.15) is 12.1 Å². The first kappa shape index (κ1) is 18.9. The average Bonchev–Trinajstić information content (AvgIpc) is 3.05. The van der Waals surface area contributed by atoms with Crippen molar-refractivity contribution in [2.45, 2.75) is 39.8 Å². The number of amides is 1. The van der Waals surface area contributed by atoms with Gasteiger partial charge in [-0.2, -0.15) is 5.10 Å². The molecule has 148 valence electrons. The first-order valence-corrected chi connectivity index (χ1v) is 9.98. The molecule has 1 amide bonds. The van der Waals surface area contributed by atoms with Gasteiger partial charge >= 0.3 is 0 Å². The van der Waals surface area contributed by atoms with Crippen molar-refractivity contribution in [2.24, 2.45) is 0 Å². The second kappa shape index (κ2) is 7.91. The summed E-state index contributed by atoms with van der Waals surface area (Å²) < 4.78 is 3.28. The number of hydrogen-bond donors (Lipinski definition) is 1. The van der Waals surface area contributed by atoms with Gasteiger partial charge in [-0.05, 0) is 30.5 Å². The number of benzene rings is 2. The fourth-order valence-corrected chi connectivity index (χ4v) is 3.84. The molecule has 6 nitrogen and oxygen atoms in total. The smallest absolute Gasteiger partial charge is 0.291 e. The summed E-state index contributed by atoms with van der Waals surface area (Å²) in [6.07, 6.45) is 3.42. The summed E-state index contributed by atoms with van der Waals surface area (Å²) in [4.78, 5) is 25.8. The van der Waals surface area contributed by atoms with Crippen molar-refractivity contribution in [3.05, 3.63) is 70.6 Å². The SMILES string of the molecule is CCCn1c2ccccc2c2cnn(CC(=O)Nc3ccccc3CC)c(=O)c21. The van der Waals surface area contributed by atoms with Crippen LogP contribution >= 0.6 is 0 Å². The molecule has 0 aliphatic rings. The third kappa shape index (κ3) is 3.42. The predicted molar refractivity (Wildman–Crippen MR) is 116 cm³/mol. The van der Waals surface area contributed by atoms with Gasteiger partial charge < -0.3 is 9.88 Å². The number of carbonyl (C=O) groups excluding carboxylic acids is 1. The van der Waals surface area contributed by atoms with Crippen LogP contribution in [0.1, 0.15) is 25.8 Å². The van der Waals surface area contributed by atoms with E-state index in [1.807, 2.05) is 60.0 Å². The van der Waals surface area contributed by atoms with Crippen LogP contribution in [0, 0.1) is 0 Å². The molecule has 0 saturated carbocycles. The second-order valence-electron chi connectivity index (χ2n) is 7.10. The van der Waals surface area contributed by atoms with Gasteiger partial charge in [-0.25, -0.2) is 4.68 Å². The number of hydrogen-bond acceptors (Lipinski definition) is 3. The highest BCUT2D eigenvalue weighted by atomic mass is 16.2. The van der Waals surface area contributed by atoms with Gasteiger partial charge in [0.15, 0.2) is 0 Å². The summed E-state index contributed by atoms with van der Waals surface area (Å²) in [5.74, 6) is -0.266. The summed E-state index contributed by atoms with van der Waals surface area (Å²) in [6, 6.07) is 15.6. The lowest BCUT2D eigenvalue weighted by Crippen LogP contribution is -2.30. The summed E-state index contributed by atoms with van der Waals surface area (Å²) in [6.45, 7) is 4.73. The summed E-state index contributed by atoms with van der Waals surface area (Å²) in [5, 5.41) is 9.02. The Hall–Kier alpha value is -3.41. The summed E-state index contributed by atoms with van der Waals surface area (Å²) in [5.41, 5.74) is 3.20. The zero-order chi connectivity index (χ0) is 20.4. The lowest BCUT2D eigenvalue weighted by Gasteiger charge is -2.11. The van der Waals surface area contributed by atoms with E-state index in [-0.39, 0.29) is 18.0 Å². The number of rotatable bonds is 6. The van der Waals surface area contributed by atoms with Gasteiger partial charge in [0.25, 0.3) is 5.56 Å². The van der Waals surface area contributed by atoms with E-state index < -0.39 is 0 Å². The number of aryl methyl sites for hydroxylation is 2. The number of para-hydroxylation sites is 2. The van der Waals surface area contributed by atoms with E-state index in [1.54, 1.807) is 6.20 Å². The zero-order valence-corrected chi connectivity index (χ0v) is 16.7. The molecular formula is C23H24N4O2. The molecule has 2 aromatic heterocycles. The standard InChI is InChI=1S/C23H24N4O2/c1-3-13-26-20-12-8-6-10-17(20)18-14-24-27(23(29)22(18)26)15-21(28)25-19-11-7-5-9-16(19)4-2/h5-12,14H,3-4,13,15H2,1-2H3,(H,25,28). The maximum Gasteiger partial charge on any atom is 0.291 e. The Kier molecular flexibility index (Phi) is 5.16. The first-order chi connectivity index (χ1) is 14.1. The van der Waals surface area contributed by atoms with E-state index in [0.29, 0.717) is 5.52 Å². The lowest BCUT2D eigenvalue weighted by atomic mass is 10.1. The number of nitrogens with zero attached hydrogens (tertiary/aromatic N) is 3. The van der Waals surface area contributed by atoms with E-state index in [2.05, 4.69) is 17.3 Å². The van der Waals surface area contributed by atoms with Gasteiger partial charge in [0, 0.05) is 28.5 Å². The number of fused-ring (bicyclic) bond motifs is 3. The third-order valence-corrected chi connectivity index (χ3v) is 5.19. The highest BCUT2D eigenvalue weighted by molar-refractivity contribution is 6.07. The van der Waals surface area contributed by atoms with Crippen LogP contribution < -0.4 is 10.9 Å². The van der Waals surface area contributed by atoms with Crippen LogP contribution in [0.2, 0.25) is 0 Å². The van der Waals surface area contributed by atoms with E-state index in [9.17, 15) is 9.59 Å². The molecule has 0 bridgehead atoms. The molecule has 1 N–H and O–H groups in total. The zero-order valence-electron chi connectivity index (χ0n) is 16.7. The first-order valence-electron chi connectivity index (χ1n) is 9.98. The van der Waals surface area contributed by atoms with Gasteiger partial charge in [0.2, 0.25) is 5.91 Å². The molecule has 0 atom stereocenters. The van der Waals surface area contributed by atoms with E-state index >= 15 is 0 Å². The predicted octanol–water partition coefficient (Wildman–Crippen LogP) is 3.96. The largest absolute Gasteiger partial charge is 0.336 e. The minimum absolute atomic E-state index is 0.125. The number of aromatic nitrogens is 3. The fraction of sp³-hybridized carbons (Fsp3) is 0.261. The molecule has 0 unspecified atom stereocenters.